The topological polar surface area (TPSA) is 43.8 Å². The fraction of sp³-hybridized carbons (Fsp3) is 0.500. The molecule has 3 heteroatoms. The minimum Gasteiger partial charge on any atom is -0.324 e. The van der Waals surface area contributed by atoms with Crippen molar-refractivity contribution in [2.75, 3.05) is 0 Å². The molecule has 3 nitrogen and oxygen atoms in total. The molecule has 92 valence electrons. The number of hydrogen-bond donors (Lipinski definition) is 1. The molecule has 17 heavy (non-hydrogen) atoms. The van der Waals surface area contributed by atoms with Crippen molar-refractivity contribution in [3.63, 3.8) is 0 Å². The molecule has 2 N–H and O–H groups in total. The summed E-state index contributed by atoms with van der Waals surface area (Å²) in [4.78, 5) is 0. The molecule has 1 heterocycles. The Bertz CT molecular complexity index is 523. The van der Waals surface area contributed by atoms with Crippen LogP contribution in [0, 0.1) is 5.92 Å². The minimum absolute atomic E-state index is 0.0426. The molecule has 1 unspecified atom stereocenters. The summed E-state index contributed by atoms with van der Waals surface area (Å²) in [6.45, 7) is 6.45. The molecule has 0 radical (unpaired) electrons. The maximum atomic E-state index is 6.02. The highest BCUT2D eigenvalue weighted by Crippen LogP contribution is 2.26. The highest BCUT2D eigenvalue weighted by molar-refractivity contribution is 5.85. The summed E-state index contributed by atoms with van der Waals surface area (Å²) in [5, 5.41) is 5.88. The molecule has 2 aromatic rings. The lowest BCUT2D eigenvalue weighted by molar-refractivity contribution is 0.624. The van der Waals surface area contributed by atoms with E-state index in [1.807, 2.05) is 18.7 Å². The summed E-state index contributed by atoms with van der Waals surface area (Å²) in [5.41, 5.74) is 9.55. The van der Waals surface area contributed by atoms with Gasteiger partial charge in [-0.2, -0.15) is 5.10 Å². The molecular formula is C14H21N3. The maximum absolute atomic E-state index is 6.02. The molecule has 2 rings (SSSR count). The zero-order valence-electron chi connectivity index (χ0n) is 11.1. The second-order valence-corrected chi connectivity index (χ2v) is 5.20. The molecule has 0 aliphatic rings. The second kappa shape index (κ2) is 4.49. The summed E-state index contributed by atoms with van der Waals surface area (Å²) in [5.74, 6) is 0.618. The Morgan fingerprint density at radius 2 is 2.00 bits per heavy atom. The molecule has 0 bridgehead atoms. The Hall–Kier alpha value is -1.35. The molecule has 0 spiro atoms. The second-order valence-electron chi connectivity index (χ2n) is 5.20. The average molecular weight is 231 g/mol. The first-order valence-electron chi connectivity index (χ1n) is 6.20. The summed E-state index contributed by atoms with van der Waals surface area (Å²) in [7, 11) is 2.00. The number of rotatable bonds is 3. The largest absolute Gasteiger partial charge is 0.324 e. The molecule has 0 aliphatic heterocycles. The molecule has 1 aromatic heterocycles. The first-order chi connectivity index (χ1) is 8.00. The third-order valence-electron chi connectivity index (χ3n) is 3.06. The number of hydrogen-bond acceptors (Lipinski definition) is 2. The van der Waals surface area contributed by atoms with Crippen molar-refractivity contribution in [3.8, 4) is 0 Å². The van der Waals surface area contributed by atoms with Gasteiger partial charge in [0.25, 0.3) is 0 Å². The molecule has 1 aromatic carbocycles. The van der Waals surface area contributed by atoms with Gasteiger partial charge >= 0.3 is 0 Å². The van der Waals surface area contributed by atoms with Gasteiger partial charge in [-0.25, -0.2) is 0 Å². The van der Waals surface area contributed by atoms with Crippen molar-refractivity contribution in [2.24, 2.45) is 18.7 Å². The number of benzene rings is 1. The van der Waals surface area contributed by atoms with Crippen molar-refractivity contribution >= 4 is 10.9 Å². The Labute approximate surface area is 103 Å². The van der Waals surface area contributed by atoms with Gasteiger partial charge in [-0.05, 0) is 24.8 Å². The van der Waals surface area contributed by atoms with E-state index in [0.717, 1.165) is 6.42 Å². The first-order valence-corrected chi connectivity index (χ1v) is 6.20. The summed E-state index contributed by atoms with van der Waals surface area (Å²) in [6.07, 6.45) is 1.01. The minimum atomic E-state index is 0.0426. The molecule has 0 saturated carbocycles. The number of aromatic nitrogens is 2. The lowest BCUT2D eigenvalue weighted by Crippen LogP contribution is -2.07. The van der Waals surface area contributed by atoms with Crippen LogP contribution in [0.2, 0.25) is 0 Å². The molecule has 0 amide bonds. The van der Waals surface area contributed by atoms with Crippen molar-refractivity contribution in [2.45, 2.75) is 33.2 Å². The van der Waals surface area contributed by atoms with Gasteiger partial charge in [0, 0.05) is 18.5 Å². The number of nitrogens with two attached hydrogens (primary N) is 1. The van der Waals surface area contributed by atoms with E-state index in [-0.39, 0.29) is 6.04 Å². The van der Waals surface area contributed by atoms with Crippen molar-refractivity contribution in [1.29, 1.82) is 0 Å². The van der Waals surface area contributed by atoms with E-state index >= 15 is 0 Å². The van der Waals surface area contributed by atoms with Crippen LogP contribution in [0.5, 0.6) is 0 Å². The van der Waals surface area contributed by atoms with E-state index < -0.39 is 0 Å². The zero-order valence-corrected chi connectivity index (χ0v) is 11.1. The Morgan fingerprint density at radius 1 is 1.29 bits per heavy atom. The third-order valence-corrected chi connectivity index (χ3v) is 3.06. The van der Waals surface area contributed by atoms with Gasteiger partial charge in [-0.3, -0.25) is 4.68 Å². The van der Waals surface area contributed by atoms with Crippen LogP contribution in [0.15, 0.2) is 18.2 Å². The van der Waals surface area contributed by atoms with Gasteiger partial charge in [0.05, 0.1) is 11.2 Å². The highest BCUT2D eigenvalue weighted by Gasteiger charge is 2.14. The van der Waals surface area contributed by atoms with Crippen molar-refractivity contribution < 1.29 is 0 Å². The lowest BCUT2D eigenvalue weighted by Gasteiger charge is -2.08. The van der Waals surface area contributed by atoms with E-state index in [0.29, 0.717) is 5.92 Å². The predicted molar refractivity (Wildman–Crippen MR) is 71.9 cm³/mol. The fourth-order valence-corrected chi connectivity index (χ4v) is 2.35. The van der Waals surface area contributed by atoms with E-state index in [2.05, 4.69) is 37.1 Å². The molecule has 0 aliphatic carbocycles. The Balaban J connectivity index is 2.64. The summed E-state index contributed by atoms with van der Waals surface area (Å²) < 4.78 is 1.96. The van der Waals surface area contributed by atoms with Crippen LogP contribution in [0.1, 0.15) is 38.1 Å². The van der Waals surface area contributed by atoms with Crippen LogP contribution < -0.4 is 5.73 Å². The van der Waals surface area contributed by atoms with Crippen LogP contribution in [-0.2, 0) is 13.5 Å². The zero-order chi connectivity index (χ0) is 12.6. The van der Waals surface area contributed by atoms with Crippen LogP contribution in [-0.4, -0.2) is 9.78 Å². The SMILES string of the molecule is CC(C)Cc1nn(C)c2c(C(C)N)cccc12. The van der Waals surface area contributed by atoms with Gasteiger partial charge in [0.1, 0.15) is 0 Å². The van der Waals surface area contributed by atoms with E-state index in [1.54, 1.807) is 0 Å². The van der Waals surface area contributed by atoms with Crippen molar-refractivity contribution in [1.82, 2.24) is 9.78 Å². The smallest absolute Gasteiger partial charge is 0.0729 e. The molecule has 0 fully saturated rings. The van der Waals surface area contributed by atoms with Crippen LogP contribution in [0.3, 0.4) is 0 Å². The van der Waals surface area contributed by atoms with Crippen LogP contribution in [0.4, 0.5) is 0 Å². The highest BCUT2D eigenvalue weighted by atomic mass is 15.3. The number of nitrogens with zero attached hydrogens (tertiary/aromatic N) is 2. The number of aryl methyl sites for hydroxylation is 1. The van der Waals surface area contributed by atoms with Crippen molar-refractivity contribution in [3.05, 3.63) is 29.5 Å². The monoisotopic (exact) mass is 231 g/mol. The fourth-order valence-electron chi connectivity index (χ4n) is 2.35. The maximum Gasteiger partial charge on any atom is 0.0729 e. The first kappa shape index (κ1) is 12.1. The van der Waals surface area contributed by atoms with E-state index in [9.17, 15) is 0 Å². The lowest BCUT2D eigenvalue weighted by atomic mass is 10.0. The standard InChI is InChI=1S/C14H21N3/c1-9(2)8-13-12-7-5-6-11(10(3)15)14(12)17(4)16-13/h5-7,9-10H,8,15H2,1-4H3. The van der Waals surface area contributed by atoms with E-state index in [4.69, 9.17) is 5.73 Å². The van der Waals surface area contributed by atoms with Crippen LogP contribution in [0.25, 0.3) is 10.9 Å². The van der Waals surface area contributed by atoms with E-state index in [1.165, 1.54) is 22.2 Å². The molecule has 0 saturated heterocycles. The van der Waals surface area contributed by atoms with Gasteiger partial charge < -0.3 is 5.73 Å². The van der Waals surface area contributed by atoms with Gasteiger partial charge in [-0.15, -0.1) is 0 Å². The number of fused-ring (bicyclic) bond motifs is 1. The van der Waals surface area contributed by atoms with Gasteiger partial charge in [-0.1, -0.05) is 32.0 Å². The van der Waals surface area contributed by atoms with Gasteiger partial charge in [0.2, 0.25) is 0 Å². The Kier molecular flexibility index (Phi) is 3.20. The molecular weight excluding hydrogens is 210 g/mol. The third kappa shape index (κ3) is 2.20. The van der Waals surface area contributed by atoms with Gasteiger partial charge in [0.15, 0.2) is 0 Å². The molecule has 1 atom stereocenters. The Morgan fingerprint density at radius 3 is 2.59 bits per heavy atom. The normalized spacial score (nSPS) is 13.5. The quantitative estimate of drug-likeness (QED) is 0.882. The predicted octanol–water partition coefficient (Wildman–Crippen LogP) is 2.79. The van der Waals surface area contributed by atoms with Crippen LogP contribution >= 0.6 is 0 Å². The number of para-hydroxylation sites is 1. The summed E-state index contributed by atoms with van der Waals surface area (Å²) >= 11 is 0. The average Bonchev–Trinajstić information content (AvgIpc) is 2.55. The summed E-state index contributed by atoms with van der Waals surface area (Å²) in [6, 6.07) is 6.35.